The summed E-state index contributed by atoms with van der Waals surface area (Å²) in [4.78, 5) is 50.2. The van der Waals surface area contributed by atoms with Gasteiger partial charge < -0.3 is 9.57 Å². The Bertz CT molecular complexity index is 489. The van der Waals surface area contributed by atoms with E-state index in [0.29, 0.717) is 11.5 Å². The van der Waals surface area contributed by atoms with Crippen LogP contribution in [-0.2, 0) is 28.8 Å². The summed E-state index contributed by atoms with van der Waals surface area (Å²) >= 11 is 0. The number of hydroxylamine groups is 2. The van der Waals surface area contributed by atoms with Crippen molar-refractivity contribution in [2.45, 2.75) is 103 Å². The number of hydrogen-bond acceptors (Lipinski definition) is 6. The van der Waals surface area contributed by atoms with Crippen LogP contribution in [0.25, 0.3) is 0 Å². The topological polar surface area (TPSA) is 90.0 Å². The van der Waals surface area contributed by atoms with Crippen molar-refractivity contribution in [1.29, 1.82) is 0 Å². The maximum Gasteiger partial charge on any atom is 0.333 e. The first kappa shape index (κ1) is 24.1. The summed E-state index contributed by atoms with van der Waals surface area (Å²) in [6.45, 7) is 0. The highest BCUT2D eigenvalue weighted by atomic mass is 16.7. The molecule has 0 aromatic heterocycles. The molecule has 0 bridgehead atoms. The molecule has 28 heavy (non-hydrogen) atoms. The molecule has 0 radical (unpaired) electrons. The van der Waals surface area contributed by atoms with E-state index in [1.54, 1.807) is 0 Å². The lowest BCUT2D eigenvalue weighted by atomic mass is 10.0. The summed E-state index contributed by atoms with van der Waals surface area (Å²) in [5.74, 6) is -1.48. The Morgan fingerprint density at radius 3 is 1.43 bits per heavy atom. The van der Waals surface area contributed by atoms with Crippen molar-refractivity contribution in [2.24, 2.45) is 0 Å². The Labute approximate surface area is 168 Å². The summed E-state index contributed by atoms with van der Waals surface area (Å²) in [6, 6.07) is 0. The Balaban J connectivity index is 1.82. The van der Waals surface area contributed by atoms with Crippen LogP contribution < -0.4 is 0 Å². The Morgan fingerprint density at radius 1 is 0.679 bits per heavy atom. The largest absolute Gasteiger partial charge is 0.469 e. The van der Waals surface area contributed by atoms with Crippen molar-refractivity contribution in [1.82, 2.24) is 5.06 Å². The number of imide groups is 1. The van der Waals surface area contributed by atoms with Gasteiger partial charge in [0.2, 0.25) is 0 Å². The second kappa shape index (κ2) is 15.1. The minimum Gasteiger partial charge on any atom is -0.469 e. The Hall–Kier alpha value is -1.92. The number of carbonyl (C=O) groups is 4. The van der Waals surface area contributed by atoms with Crippen LogP contribution in [0.3, 0.4) is 0 Å². The number of unbranched alkanes of at least 4 members (excludes halogenated alkanes) is 11. The summed E-state index contributed by atoms with van der Waals surface area (Å²) in [6.07, 6.45) is 14.3. The molecular weight excluding hydrogens is 362 g/mol. The van der Waals surface area contributed by atoms with Crippen LogP contribution in [0.2, 0.25) is 0 Å². The van der Waals surface area contributed by atoms with Crippen LogP contribution in [0.1, 0.15) is 103 Å². The molecule has 0 saturated carbocycles. The predicted molar refractivity (Wildman–Crippen MR) is 104 cm³/mol. The standard InChI is InChI=1S/C21H35NO6/c1-27-20(25)14-12-10-8-6-4-2-3-5-7-9-11-13-15-21(26)28-22-18(23)16-17-19(22)24/h2-17H2,1H3. The quantitative estimate of drug-likeness (QED) is 0.220. The number of carbonyl (C=O) groups excluding carboxylic acids is 4. The molecule has 1 rings (SSSR count). The molecule has 7 heteroatoms. The molecule has 0 aromatic carbocycles. The minimum absolute atomic E-state index is 0.117. The minimum atomic E-state index is -0.504. The van der Waals surface area contributed by atoms with Gasteiger partial charge in [-0.2, -0.15) is 0 Å². The lowest BCUT2D eigenvalue weighted by molar-refractivity contribution is -0.197. The van der Waals surface area contributed by atoms with Crippen LogP contribution in [0.4, 0.5) is 0 Å². The smallest absolute Gasteiger partial charge is 0.333 e. The zero-order valence-electron chi connectivity index (χ0n) is 17.2. The molecule has 0 N–H and O–H groups in total. The molecule has 0 unspecified atom stereocenters. The third kappa shape index (κ3) is 11.0. The van der Waals surface area contributed by atoms with Gasteiger partial charge in [-0.1, -0.05) is 64.2 Å². The predicted octanol–water partition coefficient (Wildman–Crippen LogP) is 4.23. The van der Waals surface area contributed by atoms with E-state index in [4.69, 9.17) is 4.84 Å². The van der Waals surface area contributed by atoms with E-state index in [9.17, 15) is 19.2 Å². The van der Waals surface area contributed by atoms with Crippen molar-refractivity contribution < 1.29 is 28.8 Å². The molecule has 1 aliphatic rings. The van der Waals surface area contributed by atoms with Crippen LogP contribution in [0.5, 0.6) is 0 Å². The van der Waals surface area contributed by atoms with Gasteiger partial charge in [-0.25, -0.2) is 4.79 Å². The first-order valence-corrected chi connectivity index (χ1v) is 10.7. The monoisotopic (exact) mass is 397 g/mol. The van der Waals surface area contributed by atoms with Gasteiger partial charge in [0.15, 0.2) is 0 Å². The van der Waals surface area contributed by atoms with Crippen LogP contribution in [-0.4, -0.2) is 35.9 Å². The molecule has 1 saturated heterocycles. The van der Waals surface area contributed by atoms with Crippen molar-refractivity contribution in [3.05, 3.63) is 0 Å². The van der Waals surface area contributed by atoms with E-state index in [1.165, 1.54) is 45.6 Å². The van der Waals surface area contributed by atoms with E-state index in [-0.39, 0.29) is 25.2 Å². The third-order valence-corrected chi connectivity index (χ3v) is 4.94. The van der Waals surface area contributed by atoms with E-state index < -0.39 is 17.8 Å². The molecule has 0 spiro atoms. The first-order valence-electron chi connectivity index (χ1n) is 10.7. The van der Waals surface area contributed by atoms with Crippen LogP contribution in [0, 0.1) is 0 Å². The van der Waals surface area contributed by atoms with E-state index in [1.807, 2.05) is 0 Å². The Morgan fingerprint density at radius 2 is 1.04 bits per heavy atom. The average molecular weight is 398 g/mol. The van der Waals surface area contributed by atoms with Crippen LogP contribution >= 0.6 is 0 Å². The first-order chi connectivity index (χ1) is 13.5. The zero-order valence-corrected chi connectivity index (χ0v) is 17.2. The molecule has 0 aromatic rings. The van der Waals surface area contributed by atoms with Gasteiger partial charge in [0.25, 0.3) is 11.8 Å². The fourth-order valence-corrected chi connectivity index (χ4v) is 3.21. The normalized spacial score (nSPS) is 13.8. The fourth-order valence-electron chi connectivity index (χ4n) is 3.21. The zero-order chi connectivity index (χ0) is 20.6. The number of hydrogen-bond donors (Lipinski definition) is 0. The fraction of sp³-hybridized carbons (Fsp3) is 0.810. The van der Waals surface area contributed by atoms with Crippen molar-refractivity contribution >= 4 is 23.8 Å². The van der Waals surface area contributed by atoms with Gasteiger partial charge >= 0.3 is 11.9 Å². The Kier molecular flexibility index (Phi) is 13.0. The van der Waals surface area contributed by atoms with Gasteiger partial charge in [-0.15, -0.1) is 5.06 Å². The van der Waals surface area contributed by atoms with E-state index in [0.717, 1.165) is 38.5 Å². The number of methoxy groups -OCH3 is 1. The number of ether oxygens (including phenoxy) is 1. The molecule has 7 nitrogen and oxygen atoms in total. The van der Waals surface area contributed by atoms with Gasteiger partial charge in [-0.3, -0.25) is 14.4 Å². The average Bonchev–Trinajstić information content (AvgIpc) is 2.99. The lowest BCUT2D eigenvalue weighted by Gasteiger charge is -2.12. The van der Waals surface area contributed by atoms with Gasteiger partial charge in [-0.05, 0) is 12.8 Å². The SMILES string of the molecule is COC(=O)CCCCCCCCCCCCCCC(=O)ON1C(=O)CCC1=O. The van der Waals surface area contributed by atoms with Gasteiger partial charge in [0.1, 0.15) is 0 Å². The molecule has 1 fully saturated rings. The molecule has 1 heterocycles. The highest BCUT2D eigenvalue weighted by molar-refractivity contribution is 6.01. The summed E-state index contributed by atoms with van der Waals surface area (Å²) in [5.41, 5.74) is 0. The van der Waals surface area contributed by atoms with Gasteiger partial charge in [0, 0.05) is 25.7 Å². The molecular formula is C21H35NO6. The lowest BCUT2D eigenvalue weighted by Crippen LogP contribution is -2.31. The molecule has 160 valence electrons. The van der Waals surface area contributed by atoms with Gasteiger partial charge in [0.05, 0.1) is 7.11 Å². The molecule has 0 atom stereocenters. The second-order valence-corrected chi connectivity index (χ2v) is 7.36. The maximum absolute atomic E-state index is 11.6. The van der Waals surface area contributed by atoms with Crippen molar-refractivity contribution in [3.8, 4) is 0 Å². The molecule has 1 aliphatic heterocycles. The number of amides is 2. The number of rotatable bonds is 16. The van der Waals surface area contributed by atoms with E-state index in [2.05, 4.69) is 4.74 Å². The third-order valence-electron chi connectivity index (χ3n) is 4.94. The summed E-state index contributed by atoms with van der Waals surface area (Å²) in [5, 5.41) is 0.613. The summed E-state index contributed by atoms with van der Waals surface area (Å²) in [7, 11) is 1.43. The van der Waals surface area contributed by atoms with Crippen molar-refractivity contribution in [3.63, 3.8) is 0 Å². The molecule has 2 amide bonds. The van der Waals surface area contributed by atoms with Crippen molar-refractivity contribution in [2.75, 3.05) is 7.11 Å². The second-order valence-electron chi connectivity index (χ2n) is 7.36. The molecule has 0 aliphatic carbocycles. The highest BCUT2D eigenvalue weighted by Crippen LogP contribution is 2.15. The summed E-state index contributed by atoms with van der Waals surface area (Å²) < 4.78 is 4.62. The maximum atomic E-state index is 11.6. The number of nitrogens with zero attached hydrogens (tertiary/aromatic N) is 1. The van der Waals surface area contributed by atoms with E-state index >= 15 is 0 Å². The number of esters is 1. The highest BCUT2D eigenvalue weighted by Gasteiger charge is 2.32. The van der Waals surface area contributed by atoms with Crippen LogP contribution in [0.15, 0.2) is 0 Å².